The van der Waals surface area contributed by atoms with Crippen LogP contribution >= 0.6 is 15.9 Å². The summed E-state index contributed by atoms with van der Waals surface area (Å²) in [6.07, 6.45) is 5.09. The molecule has 1 aliphatic rings. The van der Waals surface area contributed by atoms with Crippen LogP contribution in [0, 0.1) is 0 Å². The van der Waals surface area contributed by atoms with Crippen molar-refractivity contribution in [3.63, 3.8) is 0 Å². The number of aryl methyl sites for hydroxylation is 1. The lowest BCUT2D eigenvalue weighted by Crippen LogP contribution is -2.38. The molecular weight excluding hydrogens is 262 g/mol. The number of fused-ring (bicyclic) bond motifs is 1. The monoisotopic (exact) mass is 281 g/mol. The number of unbranched alkanes of at least 4 members (excludes halogenated alkanes) is 1. The lowest BCUT2D eigenvalue weighted by molar-refractivity contribution is 0.550. The molecule has 88 valence electrons. The molecule has 0 bridgehead atoms. The normalized spacial score (nSPS) is 19.6. The molecule has 0 N–H and O–H groups in total. The molecule has 1 atom stereocenters. The van der Waals surface area contributed by atoms with Gasteiger partial charge in [0.1, 0.15) is 0 Å². The molecule has 1 aromatic rings. The minimum absolute atomic E-state index is 0.699. The molecule has 1 nitrogen and oxygen atoms in total. The zero-order chi connectivity index (χ0) is 11.4. The highest BCUT2D eigenvalue weighted by atomic mass is 79.9. The minimum Gasteiger partial charge on any atom is -0.369 e. The van der Waals surface area contributed by atoms with Crippen molar-refractivity contribution in [2.75, 3.05) is 16.8 Å². The van der Waals surface area contributed by atoms with Gasteiger partial charge in [-0.3, -0.25) is 0 Å². The summed E-state index contributed by atoms with van der Waals surface area (Å²) >= 11 is 3.50. The Morgan fingerprint density at radius 2 is 2.12 bits per heavy atom. The third-order valence-corrected chi connectivity index (χ3v) is 4.01. The zero-order valence-corrected chi connectivity index (χ0v) is 11.5. The lowest BCUT2D eigenvalue weighted by atomic mass is 9.96. The molecule has 1 heterocycles. The Morgan fingerprint density at radius 3 is 2.94 bits per heavy atom. The first-order valence-corrected chi connectivity index (χ1v) is 7.35. The van der Waals surface area contributed by atoms with Gasteiger partial charge < -0.3 is 4.90 Å². The number of rotatable bonds is 4. The van der Waals surface area contributed by atoms with Crippen molar-refractivity contribution in [2.45, 2.75) is 38.6 Å². The predicted molar refractivity (Wildman–Crippen MR) is 74.6 cm³/mol. The van der Waals surface area contributed by atoms with Crippen molar-refractivity contribution in [1.82, 2.24) is 0 Å². The molecule has 2 rings (SSSR count). The average Bonchev–Trinajstić information content (AvgIpc) is 2.32. The predicted octanol–water partition coefficient (Wildman–Crippen LogP) is 4.00. The quantitative estimate of drug-likeness (QED) is 0.596. The SMILES string of the molecule is CC1CCc2ccccc2N1CCCCBr. The number of hydrogen-bond acceptors (Lipinski definition) is 1. The van der Waals surface area contributed by atoms with Crippen LogP contribution in [-0.2, 0) is 6.42 Å². The Morgan fingerprint density at radius 1 is 1.31 bits per heavy atom. The summed E-state index contributed by atoms with van der Waals surface area (Å²) in [4.78, 5) is 2.58. The van der Waals surface area contributed by atoms with Crippen LogP contribution in [0.5, 0.6) is 0 Å². The average molecular weight is 282 g/mol. The van der Waals surface area contributed by atoms with E-state index in [1.807, 2.05) is 0 Å². The Hall–Kier alpha value is -0.500. The van der Waals surface area contributed by atoms with Gasteiger partial charge in [0.15, 0.2) is 0 Å². The fraction of sp³-hybridized carbons (Fsp3) is 0.571. The van der Waals surface area contributed by atoms with E-state index >= 15 is 0 Å². The summed E-state index contributed by atoms with van der Waals surface area (Å²) in [7, 11) is 0. The second-order valence-corrected chi connectivity index (χ2v) is 5.40. The summed E-state index contributed by atoms with van der Waals surface area (Å²) in [5.74, 6) is 0. The molecule has 0 radical (unpaired) electrons. The van der Waals surface area contributed by atoms with Gasteiger partial charge in [-0.25, -0.2) is 0 Å². The first-order valence-electron chi connectivity index (χ1n) is 6.23. The lowest BCUT2D eigenvalue weighted by Gasteiger charge is -2.37. The second-order valence-electron chi connectivity index (χ2n) is 4.61. The van der Waals surface area contributed by atoms with Crippen LogP contribution in [0.4, 0.5) is 5.69 Å². The van der Waals surface area contributed by atoms with E-state index in [2.05, 4.69) is 52.0 Å². The van der Waals surface area contributed by atoms with Gasteiger partial charge in [0.25, 0.3) is 0 Å². The Labute approximate surface area is 107 Å². The standard InChI is InChI=1S/C14H20BrN/c1-12-8-9-13-6-2-3-7-14(13)16(12)11-5-4-10-15/h2-3,6-7,12H,4-5,8-11H2,1H3. The van der Waals surface area contributed by atoms with E-state index in [1.165, 1.54) is 43.5 Å². The van der Waals surface area contributed by atoms with Gasteiger partial charge in [-0.1, -0.05) is 34.1 Å². The van der Waals surface area contributed by atoms with Crippen molar-refractivity contribution in [3.05, 3.63) is 29.8 Å². The zero-order valence-electron chi connectivity index (χ0n) is 9.95. The molecular formula is C14H20BrN. The largest absolute Gasteiger partial charge is 0.369 e. The van der Waals surface area contributed by atoms with Crippen LogP contribution in [0.15, 0.2) is 24.3 Å². The van der Waals surface area contributed by atoms with E-state index in [0.29, 0.717) is 6.04 Å². The summed E-state index contributed by atoms with van der Waals surface area (Å²) in [5, 5.41) is 1.12. The topological polar surface area (TPSA) is 3.24 Å². The number of anilines is 1. The van der Waals surface area contributed by atoms with Gasteiger partial charge in [0.05, 0.1) is 0 Å². The van der Waals surface area contributed by atoms with Crippen LogP contribution < -0.4 is 4.90 Å². The molecule has 0 fully saturated rings. The van der Waals surface area contributed by atoms with Crippen LogP contribution in [-0.4, -0.2) is 17.9 Å². The molecule has 1 aromatic carbocycles. The van der Waals surface area contributed by atoms with Gasteiger partial charge >= 0.3 is 0 Å². The molecule has 1 aliphatic heterocycles. The maximum atomic E-state index is 3.50. The summed E-state index contributed by atoms with van der Waals surface area (Å²) in [6.45, 7) is 3.55. The third kappa shape index (κ3) is 2.60. The number of nitrogens with zero attached hydrogens (tertiary/aromatic N) is 1. The summed E-state index contributed by atoms with van der Waals surface area (Å²) in [5.41, 5.74) is 3.00. The minimum atomic E-state index is 0.699. The second kappa shape index (κ2) is 5.72. The van der Waals surface area contributed by atoms with Gasteiger partial charge in [-0.2, -0.15) is 0 Å². The number of benzene rings is 1. The molecule has 0 aromatic heterocycles. The van der Waals surface area contributed by atoms with E-state index in [9.17, 15) is 0 Å². The van der Waals surface area contributed by atoms with Crippen molar-refractivity contribution in [3.8, 4) is 0 Å². The van der Waals surface area contributed by atoms with Crippen molar-refractivity contribution < 1.29 is 0 Å². The van der Waals surface area contributed by atoms with Gasteiger partial charge in [-0.05, 0) is 44.2 Å². The summed E-state index contributed by atoms with van der Waals surface area (Å²) < 4.78 is 0. The number of halogens is 1. The molecule has 0 spiro atoms. The molecule has 0 saturated heterocycles. The maximum Gasteiger partial charge on any atom is 0.0401 e. The number of para-hydroxylation sites is 1. The maximum absolute atomic E-state index is 3.50. The number of hydrogen-bond donors (Lipinski definition) is 0. The van der Waals surface area contributed by atoms with E-state index in [1.54, 1.807) is 0 Å². The molecule has 0 amide bonds. The van der Waals surface area contributed by atoms with Crippen molar-refractivity contribution in [2.24, 2.45) is 0 Å². The number of alkyl halides is 1. The highest BCUT2D eigenvalue weighted by Gasteiger charge is 2.21. The van der Waals surface area contributed by atoms with E-state index < -0.39 is 0 Å². The third-order valence-electron chi connectivity index (χ3n) is 3.45. The fourth-order valence-corrected chi connectivity index (χ4v) is 2.87. The Balaban J connectivity index is 2.10. The highest BCUT2D eigenvalue weighted by Crippen LogP contribution is 2.30. The van der Waals surface area contributed by atoms with E-state index in [0.717, 1.165) is 5.33 Å². The Bertz CT molecular complexity index is 337. The fourth-order valence-electron chi connectivity index (χ4n) is 2.48. The van der Waals surface area contributed by atoms with Crippen LogP contribution in [0.3, 0.4) is 0 Å². The van der Waals surface area contributed by atoms with Crippen molar-refractivity contribution in [1.29, 1.82) is 0 Å². The smallest absolute Gasteiger partial charge is 0.0401 e. The molecule has 2 heteroatoms. The molecule has 1 unspecified atom stereocenters. The van der Waals surface area contributed by atoms with E-state index in [4.69, 9.17) is 0 Å². The Kier molecular flexibility index (Phi) is 4.28. The van der Waals surface area contributed by atoms with Gasteiger partial charge in [-0.15, -0.1) is 0 Å². The van der Waals surface area contributed by atoms with Gasteiger partial charge in [0.2, 0.25) is 0 Å². The summed E-state index contributed by atoms with van der Waals surface area (Å²) in [6, 6.07) is 9.57. The van der Waals surface area contributed by atoms with Crippen LogP contribution in [0.1, 0.15) is 31.7 Å². The first-order chi connectivity index (χ1) is 7.83. The van der Waals surface area contributed by atoms with Crippen LogP contribution in [0.2, 0.25) is 0 Å². The molecule has 0 aliphatic carbocycles. The first kappa shape index (κ1) is 12.0. The van der Waals surface area contributed by atoms with Crippen LogP contribution in [0.25, 0.3) is 0 Å². The molecule has 0 saturated carbocycles. The van der Waals surface area contributed by atoms with Crippen molar-refractivity contribution >= 4 is 21.6 Å². The highest BCUT2D eigenvalue weighted by molar-refractivity contribution is 9.09. The van der Waals surface area contributed by atoms with Gasteiger partial charge in [0, 0.05) is 23.6 Å². The molecule has 16 heavy (non-hydrogen) atoms. The van der Waals surface area contributed by atoms with E-state index in [-0.39, 0.29) is 0 Å².